The van der Waals surface area contributed by atoms with Gasteiger partial charge in [0.15, 0.2) is 0 Å². The minimum absolute atomic E-state index is 0.441. The molecule has 0 atom stereocenters. The van der Waals surface area contributed by atoms with Gasteiger partial charge in [0.05, 0.1) is 19.9 Å². The van der Waals surface area contributed by atoms with Gasteiger partial charge in [-0.15, -0.1) is 0 Å². The van der Waals surface area contributed by atoms with Gasteiger partial charge < -0.3 is 14.0 Å². The molecule has 0 saturated carbocycles. The lowest BCUT2D eigenvalue weighted by Crippen LogP contribution is -2.04. The summed E-state index contributed by atoms with van der Waals surface area (Å²) in [5, 5.41) is 11.7. The van der Waals surface area contributed by atoms with Gasteiger partial charge in [-0.1, -0.05) is 5.16 Å². The average Bonchev–Trinajstić information content (AvgIpc) is 3.40. The number of nitrogens with zero attached hydrogens (tertiary/aromatic N) is 3. The first kappa shape index (κ1) is 16.6. The summed E-state index contributed by atoms with van der Waals surface area (Å²) in [6, 6.07) is 13.6. The third-order valence-corrected chi connectivity index (χ3v) is 5.07. The molecule has 1 aliphatic carbocycles. The van der Waals surface area contributed by atoms with Crippen molar-refractivity contribution in [2.75, 3.05) is 14.2 Å². The fourth-order valence-corrected chi connectivity index (χ4v) is 3.59. The van der Waals surface area contributed by atoms with Crippen LogP contribution in [-0.4, -0.2) is 34.6 Å². The first-order chi connectivity index (χ1) is 13.8. The van der Waals surface area contributed by atoms with Gasteiger partial charge in [-0.3, -0.25) is 5.10 Å². The maximum atomic E-state index is 5.53. The van der Waals surface area contributed by atoms with E-state index in [0.29, 0.717) is 11.7 Å². The highest BCUT2D eigenvalue weighted by atomic mass is 16.5. The van der Waals surface area contributed by atoms with Crippen LogP contribution in [0.1, 0.15) is 11.1 Å². The van der Waals surface area contributed by atoms with Crippen LogP contribution >= 0.6 is 0 Å². The predicted octanol–water partition coefficient (Wildman–Crippen LogP) is 3.91. The molecule has 0 radical (unpaired) electrons. The van der Waals surface area contributed by atoms with Gasteiger partial charge in [0.2, 0.25) is 5.82 Å². The van der Waals surface area contributed by atoms with Crippen molar-refractivity contribution in [3.05, 3.63) is 53.6 Å². The number of rotatable bonds is 4. The monoisotopic (exact) mass is 374 g/mol. The van der Waals surface area contributed by atoms with E-state index < -0.39 is 0 Å². The first-order valence-electron chi connectivity index (χ1n) is 9.00. The fraction of sp³-hybridized carbons (Fsp3) is 0.190. The number of nitrogens with one attached hydrogen (secondary N) is 1. The number of aromatic nitrogens is 4. The van der Waals surface area contributed by atoms with Crippen LogP contribution in [-0.2, 0) is 12.8 Å². The van der Waals surface area contributed by atoms with E-state index in [1.807, 2.05) is 36.4 Å². The Morgan fingerprint density at radius 2 is 1.75 bits per heavy atom. The van der Waals surface area contributed by atoms with Crippen LogP contribution in [0.15, 0.2) is 47.0 Å². The molecular weight excluding hydrogens is 356 g/mol. The maximum Gasteiger partial charge on any atom is 0.276 e. The highest BCUT2D eigenvalue weighted by Crippen LogP contribution is 2.38. The lowest BCUT2D eigenvalue weighted by atomic mass is 9.89. The SMILES string of the molecule is COc1ccc(-c2noc(-c3[nH]nc4c3CCc3cc(OC)ccc3-4)n2)cc1. The van der Waals surface area contributed by atoms with E-state index in [9.17, 15) is 0 Å². The highest BCUT2D eigenvalue weighted by Gasteiger charge is 2.26. The van der Waals surface area contributed by atoms with Crippen molar-refractivity contribution in [3.63, 3.8) is 0 Å². The van der Waals surface area contributed by atoms with Gasteiger partial charge in [-0.05, 0) is 60.9 Å². The summed E-state index contributed by atoms with van der Waals surface area (Å²) in [6.45, 7) is 0. The summed E-state index contributed by atoms with van der Waals surface area (Å²) in [5.41, 5.74) is 6.02. The first-order valence-corrected chi connectivity index (χ1v) is 9.00. The summed E-state index contributed by atoms with van der Waals surface area (Å²) in [7, 11) is 3.32. The number of methoxy groups -OCH3 is 2. The molecule has 0 aliphatic heterocycles. The third-order valence-electron chi connectivity index (χ3n) is 5.07. The summed E-state index contributed by atoms with van der Waals surface area (Å²) in [6.07, 6.45) is 1.76. The second-order valence-corrected chi connectivity index (χ2v) is 6.60. The molecule has 0 fully saturated rings. The van der Waals surface area contributed by atoms with E-state index in [-0.39, 0.29) is 0 Å². The van der Waals surface area contributed by atoms with Gasteiger partial charge >= 0.3 is 0 Å². The minimum atomic E-state index is 0.441. The zero-order chi connectivity index (χ0) is 19.1. The molecule has 5 rings (SSSR count). The molecule has 7 heteroatoms. The molecule has 0 bridgehead atoms. The van der Waals surface area contributed by atoms with Crippen LogP contribution in [0.2, 0.25) is 0 Å². The van der Waals surface area contributed by atoms with Crippen LogP contribution < -0.4 is 9.47 Å². The summed E-state index contributed by atoms with van der Waals surface area (Å²) in [4.78, 5) is 4.56. The molecule has 1 N–H and O–H groups in total. The van der Waals surface area contributed by atoms with Crippen LogP contribution in [0.5, 0.6) is 11.5 Å². The molecule has 140 valence electrons. The van der Waals surface area contributed by atoms with Crippen LogP contribution in [0.3, 0.4) is 0 Å². The quantitative estimate of drug-likeness (QED) is 0.583. The molecule has 0 unspecified atom stereocenters. The largest absolute Gasteiger partial charge is 0.497 e. The van der Waals surface area contributed by atoms with Gasteiger partial charge in [0.25, 0.3) is 5.89 Å². The molecule has 2 aromatic carbocycles. The Hall–Kier alpha value is -3.61. The Kier molecular flexibility index (Phi) is 3.86. The van der Waals surface area contributed by atoms with E-state index in [1.165, 1.54) is 5.56 Å². The number of hydrogen-bond donors (Lipinski definition) is 1. The van der Waals surface area contributed by atoms with Crippen LogP contribution in [0, 0.1) is 0 Å². The summed E-state index contributed by atoms with van der Waals surface area (Å²) >= 11 is 0. The molecule has 0 spiro atoms. The molecule has 1 aliphatic rings. The summed E-state index contributed by atoms with van der Waals surface area (Å²) < 4.78 is 16.0. The van der Waals surface area contributed by atoms with Crippen molar-refractivity contribution in [1.82, 2.24) is 20.3 Å². The van der Waals surface area contributed by atoms with E-state index >= 15 is 0 Å². The molecule has 7 nitrogen and oxygen atoms in total. The van der Waals surface area contributed by atoms with Crippen molar-refractivity contribution in [3.8, 4) is 45.7 Å². The molecule has 28 heavy (non-hydrogen) atoms. The Bertz CT molecular complexity index is 1140. The average molecular weight is 374 g/mol. The fourth-order valence-electron chi connectivity index (χ4n) is 3.59. The minimum Gasteiger partial charge on any atom is -0.497 e. The Morgan fingerprint density at radius 3 is 2.54 bits per heavy atom. The highest BCUT2D eigenvalue weighted by molar-refractivity contribution is 5.76. The number of aryl methyl sites for hydroxylation is 1. The van der Waals surface area contributed by atoms with Crippen molar-refractivity contribution >= 4 is 0 Å². The number of aromatic amines is 1. The van der Waals surface area contributed by atoms with Crippen molar-refractivity contribution < 1.29 is 14.0 Å². The van der Waals surface area contributed by atoms with Crippen molar-refractivity contribution in [2.24, 2.45) is 0 Å². The van der Waals surface area contributed by atoms with Crippen molar-refractivity contribution in [1.29, 1.82) is 0 Å². The lowest BCUT2D eigenvalue weighted by molar-refractivity contribution is 0.414. The molecule has 0 amide bonds. The van der Waals surface area contributed by atoms with Gasteiger partial charge in [-0.25, -0.2) is 0 Å². The predicted molar refractivity (Wildman–Crippen MR) is 103 cm³/mol. The standard InChI is InChI=1S/C21H18N4O3/c1-26-14-6-3-12(4-7-14)20-22-21(28-25-20)19-17-9-5-13-11-15(27-2)8-10-16(13)18(17)23-24-19/h3-4,6-8,10-11H,5,9H2,1-2H3,(H,23,24). The molecular formula is C21H18N4O3. The smallest absolute Gasteiger partial charge is 0.276 e. The van der Waals surface area contributed by atoms with Gasteiger partial charge in [0, 0.05) is 16.7 Å². The topological polar surface area (TPSA) is 86.1 Å². The normalized spacial score (nSPS) is 12.4. The number of hydrogen-bond acceptors (Lipinski definition) is 6. The molecule has 2 heterocycles. The van der Waals surface area contributed by atoms with E-state index in [4.69, 9.17) is 14.0 Å². The second kappa shape index (κ2) is 6.53. The Morgan fingerprint density at radius 1 is 0.964 bits per heavy atom. The molecule has 0 saturated heterocycles. The van der Waals surface area contributed by atoms with E-state index in [1.54, 1.807) is 14.2 Å². The molecule has 4 aromatic rings. The Labute approximate surface area is 161 Å². The lowest BCUT2D eigenvalue weighted by Gasteiger charge is -2.16. The van der Waals surface area contributed by atoms with E-state index in [2.05, 4.69) is 26.4 Å². The second-order valence-electron chi connectivity index (χ2n) is 6.60. The zero-order valence-corrected chi connectivity index (χ0v) is 15.5. The Balaban J connectivity index is 1.50. The van der Waals surface area contributed by atoms with Crippen LogP contribution in [0.4, 0.5) is 0 Å². The van der Waals surface area contributed by atoms with E-state index in [0.717, 1.165) is 52.4 Å². The van der Waals surface area contributed by atoms with Crippen molar-refractivity contribution in [2.45, 2.75) is 12.8 Å². The van der Waals surface area contributed by atoms with Gasteiger partial charge in [-0.2, -0.15) is 10.1 Å². The number of benzene rings is 2. The maximum absolute atomic E-state index is 5.53. The number of fused-ring (bicyclic) bond motifs is 3. The van der Waals surface area contributed by atoms with Crippen LogP contribution in [0.25, 0.3) is 34.2 Å². The number of H-pyrrole nitrogens is 1. The summed E-state index contributed by atoms with van der Waals surface area (Å²) in [5.74, 6) is 2.61. The number of ether oxygens (including phenoxy) is 2. The molecule has 2 aromatic heterocycles. The zero-order valence-electron chi connectivity index (χ0n) is 15.5. The van der Waals surface area contributed by atoms with Gasteiger partial charge in [0.1, 0.15) is 17.2 Å². The third kappa shape index (κ3) is 2.63.